The lowest BCUT2D eigenvalue weighted by Crippen LogP contribution is -2.23. The summed E-state index contributed by atoms with van der Waals surface area (Å²) in [5.74, 6) is 6.68. The fourth-order valence-electron chi connectivity index (χ4n) is 3.08. The predicted molar refractivity (Wildman–Crippen MR) is 107 cm³/mol. The zero-order chi connectivity index (χ0) is 18.8. The van der Waals surface area contributed by atoms with Gasteiger partial charge in [-0.2, -0.15) is 0 Å². The third kappa shape index (κ3) is 3.97. The van der Waals surface area contributed by atoms with Crippen LogP contribution in [-0.2, 0) is 13.1 Å². The molecule has 0 saturated heterocycles. The highest BCUT2D eigenvalue weighted by molar-refractivity contribution is 8.02. The first-order chi connectivity index (χ1) is 13.1. The van der Waals surface area contributed by atoms with Crippen LogP contribution in [0.15, 0.2) is 48.0 Å². The van der Waals surface area contributed by atoms with Crippen molar-refractivity contribution in [3.8, 4) is 11.8 Å². The molecule has 0 radical (unpaired) electrons. The number of thioether (sulfide) groups is 1. The minimum absolute atomic E-state index is 0.0529. The maximum Gasteiger partial charge on any atom is 0.254 e. The van der Waals surface area contributed by atoms with E-state index in [-0.39, 0.29) is 10.9 Å². The summed E-state index contributed by atoms with van der Waals surface area (Å²) in [6, 6.07) is 10.4. The fourth-order valence-corrected chi connectivity index (χ4v) is 3.91. The molecule has 0 aromatic heterocycles. The molecule has 2 heterocycles. The third-order valence-corrected chi connectivity index (χ3v) is 5.57. The van der Waals surface area contributed by atoms with Crippen LogP contribution in [0.5, 0.6) is 0 Å². The minimum atomic E-state index is -0.470. The van der Waals surface area contributed by atoms with Crippen molar-refractivity contribution in [1.82, 2.24) is 9.80 Å². The molecular formula is C21H16ClFN2OS. The van der Waals surface area contributed by atoms with Crippen molar-refractivity contribution in [1.29, 1.82) is 0 Å². The lowest BCUT2D eigenvalue weighted by Gasteiger charge is -2.15. The molecule has 4 rings (SSSR count). The molecule has 1 amide bonds. The van der Waals surface area contributed by atoms with Crippen LogP contribution in [-0.4, -0.2) is 28.1 Å². The number of halogens is 2. The van der Waals surface area contributed by atoms with Gasteiger partial charge in [0, 0.05) is 30.4 Å². The third-order valence-electron chi connectivity index (χ3n) is 4.47. The first kappa shape index (κ1) is 18.0. The lowest BCUT2D eigenvalue weighted by molar-refractivity contribution is 0.0766. The second-order valence-corrected chi connectivity index (χ2v) is 7.68. The quantitative estimate of drug-likeness (QED) is 0.713. The van der Waals surface area contributed by atoms with Crippen molar-refractivity contribution >= 4 is 29.3 Å². The van der Waals surface area contributed by atoms with E-state index in [1.165, 1.54) is 12.1 Å². The van der Waals surface area contributed by atoms with Crippen LogP contribution in [0, 0.1) is 17.7 Å². The summed E-state index contributed by atoms with van der Waals surface area (Å²) in [6.07, 6.45) is 2.03. The van der Waals surface area contributed by atoms with E-state index in [4.69, 9.17) is 11.6 Å². The first-order valence-electron chi connectivity index (χ1n) is 8.47. The van der Waals surface area contributed by atoms with Crippen molar-refractivity contribution in [3.05, 3.63) is 81.1 Å². The monoisotopic (exact) mass is 398 g/mol. The number of benzene rings is 2. The Morgan fingerprint density at radius 1 is 1.22 bits per heavy atom. The highest BCUT2D eigenvalue weighted by Crippen LogP contribution is 2.26. The number of hydrogen-bond donors (Lipinski definition) is 0. The van der Waals surface area contributed by atoms with E-state index in [2.05, 4.69) is 22.1 Å². The molecule has 0 fully saturated rings. The van der Waals surface area contributed by atoms with Gasteiger partial charge in [0.15, 0.2) is 0 Å². The van der Waals surface area contributed by atoms with Gasteiger partial charge in [-0.3, -0.25) is 4.79 Å². The van der Waals surface area contributed by atoms with E-state index in [1.54, 1.807) is 22.7 Å². The molecular weight excluding hydrogens is 383 g/mol. The van der Waals surface area contributed by atoms with Crippen molar-refractivity contribution < 1.29 is 9.18 Å². The summed E-state index contributed by atoms with van der Waals surface area (Å²) in [5.41, 5.74) is 3.19. The van der Waals surface area contributed by atoms with Gasteiger partial charge in [-0.25, -0.2) is 4.39 Å². The van der Waals surface area contributed by atoms with E-state index in [9.17, 15) is 9.18 Å². The number of nitrogens with zero attached hydrogens (tertiary/aromatic N) is 2. The zero-order valence-corrected chi connectivity index (χ0v) is 16.0. The molecule has 2 aliphatic heterocycles. The Balaban J connectivity index is 1.46. The summed E-state index contributed by atoms with van der Waals surface area (Å²) >= 11 is 7.47. The number of fused-ring (bicyclic) bond motifs is 1. The van der Waals surface area contributed by atoms with E-state index >= 15 is 0 Å². The predicted octanol–water partition coefficient (Wildman–Crippen LogP) is 4.46. The van der Waals surface area contributed by atoms with E-state index in [0.717, 1.165) is 22.6 Å². The van der Waals surface area contributed by atoms with Gasteiger partial charge in [0.2, 0.25) is 0 Å². The molecule has 0 unspecified atom stereocenters. The molecule has 0 spiro atoms. The number of rotatable bonds is 3. The summed E-state index contributed by atoms with van der Waals surface area (Å²) in [5, 5.41) is 2.14. The highest BCUT2D eigenvalue weighted by atomic mass is 35.5. The average Bonchev–Trinajstić information content (AvgIpc) is 3.27. The smallest absolute Gasteiger partial charge is 0.254 e. The van der Waals surface area contributed by atoms with E-state index < -0.39 is 5.82 Å². The van der Waals surface area contributed by atoms with Gasteiger partial charge in [-0.1, -0.05) is 35.6 Å². The molecule has 3 nitrogen and oxygen atoms in total. The van der Waals surface area contributed by atoms with Crippen molar-refractivity contribution in [3.63, 3.8) is 0 Å². The summed E-state index contributed by atoms with van der Waals surface area (Å²) in [7, 11) is 0. The maximum absolute atomic E-state index is 13.6. The van der Waals surface area contributed by atoms with E-state index in [0.29, 0.717) is 25.2 Å². The maximum atomic E-state index is 13.6. The fraction of sp³-hybridized carbons (Fsp3) is 0.190. The topological polar surface area (TPSA) is 23.6 Å². The number of carbonyl (C=O) groups is 1. The van der Waals surface area contributed by atoms with Crippen LogP contribution in [0.3, 0.4) is 0 Å². The summed E-state index contributed by atoms with van der Waals surface area (Å²) < 4.78 is 13.6. The van der Waals surface area contributed by atoms with Gasteiger partial charge >= 0.3 is 0 Å². The Kier molecular flexibility index (Phi) is 5.11. The Labute approximate surface area is 166 Å². The van der Waals surface area contributed by atoms with E-state index in [1.807, 2.05) is 24.4 Å². The minimum Gasteiger partial charge on any atom is -0.356 e. The largest absolute Gasteiger partial charge is 0.356 e. The molecule has 0 bridgehead atoms. The van der Waals surface area contributed by atoms with Gasteiger partial charge in [-0.05, 0) is 40.8 Å². The normalized spacial score (nSPS) is 15.1. The molecule has 0 atom stereocenters. The van der Waals surface area contributed by atoms with Crippen molar-refractivity contribution in [2.75, 3.05) is 12.4 Å². The molecule has 2 aliphatic rings. The molecule has 2 aromatic carbocycles. The molecule has 0 N–H and O–H groups in total. The van der Waals surface area contributed by atoms with Gasteiger partial charge in [0.05, 0.1) is 17.4 Å². The Morgan fingerprint density at radius 3 is 2.89 bits per heavy atom. The number of amides is 1. The standard InChI is InChI=1S/C21H16ClFN2OS/c22-19-6-4-16(11-20(19)23)12-25-13-17-5-3-15(10-18(17)21(25)26)2-1-7-24-8-9-27-14-24/h3-6,8-11H,7,12-14H2. The number of hydrogen-bond acceptors (Lipinski definition) is 3. The second kappa shape index (κ2) is 7.67. The average molecular weight is 399 g/mol. The summed E-state index contributed by atoms with van der Waals surface area (Å²) in [6.45, 7) is 1.53. The molecule has 6 heteroatoms. The van der Waals surface area contributed by atoms with Crippen LogP contribution in [0.25, 0.3) is 0 Å². The molecule has 27 heavy (non-hydrogen) atoms. The van der Waals surface area contributed by atoms with Crippen LogP contribution >= 0.6 is 23.4 Å². The van der Waals surface area contributed by atoms with Crippen molar-refractivity contribution in [2.24, 2.45) is 0 Å². The lowest BCUT2D eigenvalue weighted by atomic mass is 10.1. The van der Waals surface area contributed by atoms with Gasteiger partial charge < -0.3 is 9.80 Å². The highest BCUT2D eigenvalue weighted by Gasteiger charge is 2.27. The zero-order valence-electron chi connectivity index (χ0n) is 14.4. The van der Waals surface area contributed by atoms with Gasteiger partial charge in [0.1, 0.15) is 5.82 Å². The Morgan fingerprint density at radius 2 is 2.11 bits per heavy atom. The SMILES string of the molecule is O=C1c2cc(C#CCN3C=CSC3)ccc2CN1Cc1ccc(Cl)c(F)c1. The number of carbonyl (C=O) groups excluding carboxylic acids is 1. The van der Waals surface area contributed by atoms with Crippen LogP contribution in [0.2, 0.25) is 5.02 Å². The van der Waals surface area contributed by atoms with Crippen LogP contribution in [0.4, 0.5) is 4.39 Å². The van der Waals surface area contributed by atoms with Gasteiger partial charge in [0.25, 0.3) is 5.91 Å². The second-order valence-electron chi connectivity index (χ2n) is 6.41. The molecule has 0 aliphatic carbocycles. The molecule has 0 saturated carbocycles. The molecule has 136 valence electrons. The Bertz CT molecular complexity index is 995. The summed E-state index contributed by atoms with van der Waals surface area (Å²) in [4.78, 5) is 16.6. The van der Waals surface area contributed by atoms with Crippen molar-refractivity contribution in [2.45, 2.75) is 13.1 Å². The van der Waals surface area contributed by atoms with Crippen LogP contribution < -0.4 is 0 Å². The Hall–Kier alpha value is -2.42. The first-order valence-corrected chi connectivity index (χ1v) is 9.90. The molecule has 2 aromatic rings. The van der Waals surface area contributed by atoms with Gasteiger partial charge in [-0.15, -0.1) is 11.8 Å². The van der Waals surface area contributed by atoms with Crippen LogP contribution in [0.1, 0.15) is 27.0 Å².